The van der Waals surface area contributed by atoms with E-state index in [1.807, 2.05) is 0 Å². The monoisotopic (exact) mass is 162 g/mol. The Balaban J connectivity index is 4.08. The molecule has 0 aliphatic carbocycles. The van der Waals surface area contributed by atoms with Gasteiger partial charge < -0.3 is 5.11 Å². The van der Waals surface area contributed by atoms with Crippen LogP contribution in [0.4, 0.5) is 0 Å². The first-order chi connectivity index (χ1) is 4.22. The van der Waals surface area contributed by atoms with Crippen LogP contribution in [0.15, 0.2) is 34.8 Å². The topological polar surface area (TPSA) is 20.2 Å². The summed E-state index contributed by atoms with van der Waals surface area (Å²) in [6.07, 6.45) is 1.37. The summed E-state index contributed by atoms with van der Waals surface area (Å²) in [6.45, 7) is 6.76. The Morgan fingerprint density at radius 1 is 1.56 bits per heavy atom. The molecule has 0 aromatic carbocycles. The fraction of sp³-hybridized carbons (Fsp3) is 0. The molecule has 0 atom stereocenters. The lowest BCUT2D eigenvalue weighted by atomic mass is 10.6. The van der Waals surface area contributed by atoms with Crippen molar-refractivity contribution < 1.29 is 5.11 Å². The predicted octanol–water partition coefficient (Wildman–Crippen LogP) is 3.02. The smallest absolute Gasteiger partial charge is 0.173 e. The van der Waals surface area contributed by atoms with Gasteiger partial charge in [-0.05, 0) is 11.5 Å². The molecular formula is C6H7ClOS. The second-order valence-corrected chi connectivity index (χ2v) is 2.50. The SMILES string of the molecule is C=CS/C(O)=C(/Cl)C=C. The third-order valence-corrected chi connectivity index (χ3v) is 1.63. The summed E-state index contributed by atoms with van der Waals surface area (Å²) in [5.41, 5.74) is 0. The van der Waals surface area contributed by atoms with Crippen molar-refractivity contribution in [2.45, 2.75) is 0 Å². The molecule has 50 valence electrons. The second kappa shape index (κ2) is 4.53. The highest BCUT2D eigenvalue weighted by Gasteiger charge is 1.94. The lowest BCUT2D eigenvalue weighted by Crippen LogP contribution is -1.72. The molecule has 1 N–H and O–H groups in total. The minimum atomic E-state index is 0.0293. The number of aliphatic hydroxyl groups is 1. The molecule has 0 radical (unpaired) electrons. The third kappa shape index (κ3) is 3.27. The summed E-state index contributed by atoms with van der Waals surface area (Å²) in [4.78, 5) is 0. The Bertz CT molecular complexity index is 151. The van der Waals surface area contributed by atoms with Crippen molar-refractivity contribution in [3.05, 3.63) is 34.8 Å². The molecule has 0 saturated carbocycles. The van der Waals surface area contributed by atoms with Crippen LogP contribution in [0.1, 0.15) is 0 Å². The molecule has 0 bridgehead atoms. The predicted molar refractivity (Wildman–Crippen MR) is 43.5 cm³/mol. The van der Waals surface area contributed by atoms with E-state index in [1.54, 1.807) is 0 Å². The molecule has 0 unspecified atom stereocenters. The molecule has 0 aromatic rings. The van der Waals surface area contributed by atoms with Crippen molar-refractivity contribution in [1.29, 1.82) is 0 Å². The van der Waals surface area contributed by atoms with Gasteiger partial charge in [-0.2, -0.15) is 0 Å². The Morgan fingerprint density at radius 2 is 2.11 bits per heavy atom. The Morgan fingerprint density at radius 3 is 2.44 bits per heavy atom. The molecule has 0 fully saturated rings. The van der Waals surface area contributed by atoms with E-state index in [-0.39, 0.29) is 10.1 Å². The summed E-state index contributed by atoms with van der Waals surface area (Å²) >= 11 is 6.50. The van der Waals surface area contributed by atoms with Gasteiger partial charge >= 0.3 is 0 Å². The van der Waals surface area contributed by atoms with Crippen LogP contribution in [0.2, 0.25) is 0 Å². The highest BCUT2D eigenvalue weighted by Crippen LogP contribution is 2.20. The standard InChI is InChI=1S/C6H7ClOS/c1-3-5(7)6(8)9-4-2/h3-4,8H,1-2H2/b6-5+. The molecule has 0 aromatic heterocycles. The van der Waals surface area contributed by atoms with Gasteiger partial charge in [0.1, 0.15) is 0 Å². The van der Waals surface area contributed by atoms with Crippen LogP contribution in [-0.2, 0) is 0 Å². The van der Waals surface area contributed by atoms with Crippen LogP contribution < -0.4 is 0 Å². The summed E-state index contributed by atoms with van der Waals surface area (Å²) in [5, 5.41) is 10.7. The Hall–Kier alpha value is -0.340. The zero-order chi connectivity index (χ0) is 7.28. The molecule has 0 heterocycles. The quantitative estimate of drug-likeness (QED) is 0.509. The highest BCUT2D eigenvalue weighted by atomic mass is 35.5. The average molecular weight is 163 g/mol. The van der Waals surface area contributed by atoms with Crippen LogP contribution in [-0.4, -0.2) is 5.11 Å². The first-order valence-electron chi connectivity index (χ1n) is 2.21. The van der Waals surface area contributed by atoms with E-state index in [0.29, 0.717) is 0 Å². The van der Waals surface area contributed by atoms with Gasteiger partial charge in [-0.3, -0.25) is 0 Å². The number of hydrogen-bond acceptors (Lipinski definition) is 2. The second-order valence-electron chi connectivity index (χ2n) is 1.14. The fourth-order valence-electron chi connectivity index (χ4n) is 0.223. The van der Waals surface area contributed by atoms with Crippen molar-refractivity contribution >= 4 is 23.4 Å². The summed E-state index contributed by atoms with van der Waals surface area (Å²) in [6, 6.07) is 0. The van der Waals surface area contributed by atoms with Crippen LogP contribution in [0, 0.1) is 0 Å². The maximum absolute atomic E-state index is 8.89. The lowest BCUT2D eigenvalue weighted by Gasteiger charge is -1.92. The Kier molecular flexibility index (Phi) is 4.36. The molecule has 0 spiro atoms. The molecule has 0 aliphatic rings. The molecule has 3 heteroatoms. The molecule has 0 amide bonds. The van der Waals surface area contributed by atoms with Crippen LogP contribution in [0.3, 0.4) is 0 Å². The van der Waals surface area contributed by atoms with Crippen molar-refractivity contribution in [1.82, 2.24) is 0 Å². The van der Waals surface area contributed by atoms with Gasteiger partial charge in [-0.1, -0.05) is 36.5 Å². The van der Waals surface area contributed by atoms with Gasteiger partial charge in [0.05, 0.1) is 5.03 Å². The molecular weight excluding hydrogens is 156 g/mol. The summed E-state index contributed by atoms with van der Waals surface area (Å²) in [7, 11) is 0. The van der Waals surface area contributed by atoms with Gasteiger partial charge in [0.25, 0.3) is 0 Å². The number of thioether (sulfide) groups is 1. The maximum atomic E-state index is 8.89. The van der Waals surface area contributed by atoms with Crippen molar-refractivity contribution in [3.63, 3.8) is 0 Å². The van der Waals surface area contributed by atoms with E-state index >= 15 is 0 Å². The first-order valence-corrected chi connectivity index (χ1v) is 3.47. The summed E-state index contributed by atoms with van der Waals surface area (Å²) in [5.74, 6) is 0. The van der Waals surface area contributed by atoms with Gasteiger partial charge in [-0.15, -0.1) is 0 Å². The molecule has 9 heavy (non-hydrogen) atoms. The number of rotatable bonds is 3. The van der Waals surface area contributed by atoms with E-state index in [4.69, 9.17) is 16.7 Å². The van der Waals surface area contributed by atoms with E-state index in [9.17, 15) is 0 Å². The summed E-state index contributed by atoms with van der Waals surface area (Å²) < 4.78 is 0. The number of allylic oxidation sites excluding steroid dienone is 2. The molecule has 0 rings (SSSR count). The van der Waals surface area contributed by atoms with E-state index in [2.05, 4.69) is 13.2 Å². The van der Waals surface area contributed by atoms with Crippen molar-refractivity contribution in [2.75, 3.05) is 0 Å². The number of hydrogen-bond donors (Lipinski definition) is 1. The van der Waals surface area contributed by atoms with Crippen molar-refractivity contribution in [3.8, 4) is 0 Å². The number of aliphatic hydroxyl groups excluding tert-OH is 1. The first kappa shape index (κ1) is 8.66. The third-order valence-electron chi connectivity index (χ3n) is 0.578. The zero-order valence-corrected chi connectivity index (χ0v) is 6.37. The van der Waals surface area contributed by atoms with Crippen LogP contribution in [0.5, 0.6) is 0 Å². The number of halogens is 1. The van der Waals surface area contributed by atoms with Gasteiger partial charge in [0.2, 0.25) is 0 Å². The maximum Gasteiger partial charge on any atom is 0.173 e. The van der Waals surface area contributed by atoms with E-state index in [1.165, 1.54) is 11.5 Å². The van der Waals surface area contributed by atoms with Gasteiger partial charge in [0, 0.05) is 0 Å². The van der Waals surface area contributed by atoms with Gasteiger partial charge in [-0.25, -0.2) is 0 Å². The average Bonchev–Trinajstić information content (AvgIpc) is 1.87. The minimum Gasteiger partial charge on any atom is -0.501 e. The molecule has 0 aliphatic heterocycles. The molecule has 1 nitrogen and oxygen atoms in total. The normalized spacial score (nSPS) is 12.1. The largest absolute Gasteiger partial charge is 0.501 e. The van der Waals surface area contributed by atoms with Crippen LogP contribution in [0.25, 0.3) is 0 Å². The van der Waals surface area contributed by atoms with E-state index < -0.39 is 0 Å². The van der Waals surface area contributed by atoms with Crippen molar-refractivity contribution in [2.24, 2.45) is 0 Å². The zero-order valence-electron chi connectivity index (χ0n) is 4.80. The van der Waals surface area contributed by atoms with E-state index in [0.717, 1.165) is 11.8 Å². The Labute approximate surface area is 63.7 Å². The minimum absolute atomic E-state index is 0.0293. The molecule has 0 saturated heterocycles. The van der Waals surface area contributed by atoms with Crippen LogP contribution >= 0.6 is 23.4 Å². The van der Waals surface area contributed by atoms with Gasteiger partial charge in [0.15, 0.2) is 5.09 Å². The highest BCUT2D eigenvalue weighted by molar-refractivity contribution is 8.05. The lowest BCUT2D eigenvalue weighted by molar-refractivity contribution is 0.455. The fourth-order valence-corrected chi connectivity index (χ4v) is 0.710.